The lowest BCUT2D eigenvalue weighted by Gasteiger charge is -2.01. The van der Waals surface area contributed by atoms with Gasteiger partial charge in [0, 0.05) is 12.4 Å². The van der Waals surface area contributed by atoms with Crippen molar-refractivity contribution in [3.05, 3.63) is 40.4 Å². The molecule has 15 heavy (non-hydrogen) atoms. The number of rotatable bonds is 0. The van der Waals surface area contributed by atoms with Crippen LogP contribution in [0.5, 0.6) is 0 Å². The first-order chi connectivity index (χ1) is 7.27. The van der Waals surface area contributed by atoms with Gasteiger partial charge in [0.1, 0.15) is 0 Å². The van der Waals surface area contributed by atoms with Gasteiger partial charge >= 0.3 is 0 Å². The molecule has 0 N–H and O–H groups in total. The minimum absolute atomic E-state index is 0.932. The summed E-state index contributed by atoms with van der Waals surface area (Å²) in [4.78, 5) is 0. The maximum atomic E-state index is 5.30. The Balaban J connectivity index is 2.69. The summed E-state index contributed by atoms with van der Waals surface area (Å²) in [5, 5.41) is 2.55. The standard InChI is InChI=1S/C12H9NS2/c1-13-11-9-5-3-2-4-8(9)6-7-10(11)15-12(13)14/h2-7H,1H3. The van der Waals surface area contributed by atoms with E-state index in [1.165, 1.54) is 21.0 Å². The molecule has 0 fully saturated rings. The van der Waals surface area contributed by atoms with Crippen molar-refractivity contribution in [2.24, 2.45) is 7.05 Å². The molecule has 0 saturated carbocycles. The average molecular weight is 231 g/mol. The van der Waals surface area contributed by atoms with Gasteiger partial charge in [0.15, 0.2) is 3.95 Å². The van der Waals surface area contributed by atoms with Crippen LogP contribution in [-0.4, -0.2) is 4.57 Å². The monoisotopic (exact) mass is 231 g/mol. The van der Waals surface area contributed by atoms with Crippen molar-refractivity contribution in [2.75, 3.05) is 0 Å². The van der Waals surface area contributed by atoms with Gasteiger partial charge in [-0.3, -0.25) is 0 Å². The summed E-state index contributed by atoms with van der Waals surface area (Å²) in [6, 6.07) is 12.7. The Morgan fingerprint density at radius 2 is 1.93 bits per heavy atom. The second kappa shape index (κ2) is 3.15. The lowest BCUT2D eigenvalue weighted by molar-refractivity contribution is 0.968. The van der Waals surface area contributed by atoms with Crippen LogP contribution in [0.25, 0.3) is 21.0 Å². The van der Waals surface area contributed by atoms with E-state index in [4.69, 9.17) is 12.2 Å². The minimum Gasteiger partial charge on any atom is -0.326 e. The second-order valence-corrected chi connectivity index (χ2v) is 5.24. The zero-order chi connectivity index (χ0) is 10.4. The lowest BCUT2D eigenvalue weighted by atomic mass is 10.1. The summed E-state index contributed by atoms with van der Waals surface area (Å²) < 4.78 is 4.29. The number of fused-ring (bicyclic) bond motifs is 3. The van der Waals surface area contributed by atoms with Gasteiger partial charge in [0.2, 0.25) is 0 Å². The van der Waals surface area contributed by atoms with E-state index in [2.05, 4.69) is 41.0 Å². The third-order valence-electron chi connectivity index (χ3n) is 2.67. The fraction of sp³-hybridized carbons (Fsp3) is 0.0833. The van der Waals surface area contributed by atoms with E-state index in [1.54, 1.807) is 11.3 Å². The van der Waals surface area contributed by atoms with E-state index in [-0.39, 0.29) is 0 Å². The molecule has 0 saturated heterocycles. The van der Waals surface area contributed by atoms with Crippen LogP contribution < -0.4 is 0 Å². The zero-order valence-electron chi connectivity index (χ0n) is 8.23. The maximum absolute atomic E-state index is 5.30. The summed E-state index contributed by atoms with van der Waals surface area (Å²) in [5.74, 6) is 0. The topological polar surface area (TPSA) is 4.93 Å². The Bertz CT molecular complexity index is 706. The fourth-order valence-corrected chi connectivity index (χ4v) is 3.17. The van der Waals surface area contributed by atoms with Crippen molar-refractivity contribution in [3.8, 4) is 0 Å². The number of aryl methyl sites for hydroxylation is 1. The molecular weight excluding hydrogens is 222 g/mol. The highest BCUT2D eigenvalue weighted by molar-refractivity contribution is 7.73. The summed E-state index contributed by atoms with van der Waals surface area (Å²) in [5.41, 5.74) is 1.25. The second-order valence-electron chi connectivity index (χ2n) is 3.56. The molecule has 1 nitrogen and oxygen atoms in total. The van der Waals surface area contributed by atoms with Crippen LogP contribution >= 0.6 is 23.6 Å². The number of hydrogen-bond acceptors (Lipinski definition) is 2. The molecule has 0 unspecified atom stereocenters. The molecule has 2 aromatic carbocycles. The van der Waals surface area contributed by atoms with Gasteiger partial charge in [-0.25, -0.2) is 0 Å². The highest BCUT2D eigenvalue weighted by Gasteiger charge is 2.05. The van der Waals surface area contributed by atoms with Crippen LogP contribution in [0.1, 0.15) is 0 Å². The van der Waals surface area contributed by atoms with Crippen LogP contribution in [0.4, 0.5) is 0 Å². The number of nitrogens with zero attached hydrogens (tertiary/aromatic N) is 1. The molecule has 1 heterocycles. The number of thiazole rings is 1. The Morgan fingerprint density at radius 3 is 2.80 bits per heavy atom. The van der Waals surface area contributed by atoms with Crippen molar-refractivity contribution in [3.63, 3.8) is 0 Å². The number of benzene rings is 2. The molecule has 0 amide bonds. The molecule has 0 aliphatic carbocycles. The highest BCUT2D eigenvalue weighted by atomic mass is 32.1. The van der Waals surface area contributed by atoms with Crippen LogP contribution in [0.3, 0.4) is 0 Å². The van der Waals surface area contributed by atoms with E-state index in [0.717, 1.165) is 3.95 Å². The predicted octanol–water partition coefficient (Wildman–Crippen LogP) is 4.12. The molecule has 3 heteroatoms. The van der Waals surface area contributed by atoms with Crippen LogP contribution in [0.15, 0.2) is 36.4 Å². The minimum atomic E-state index is 0.932. The maximum Gasteiger partial charge on any atom is 0.161 e. The Labute approximate surface area is 96.6 Å². The van der Waals surface area contributed by atoms with Crippen molar-refractivity contribution >= 4 is 44.5 Å². The summed E-state index contributed by atoms with van der Waals surface area (Å²) >= 11 is 6.97. The SMILES string of the molecule is Cn1c(=S)sc2ccc3ccccc3c21. The highest BCUT2D eigenvalue weighted by Crippen LogP contribution is 2.29. The van der Waals surface area contributed by atoms with Crippen LogP contribution in [-0.2, 0) is 7.05 Å². The Hall–Kier alpha value is -1.19. The van der Waals surface area contributed by atoms with Gasteiger partial charge in [-0.05, 0) is 23.7 Å². The lowest BCUT2D eigenvalue weighted by Crippen LogP contribution is -1.86. The molecule has 0 aliphatic rings. The normalized spacial score (nSPS) is 11.3. The van der Waals surface area contributed by atoms with E-state index in [9.17, 15) is 0 Å². The fourth-order valence-electron chi connectivity index (χ4n) is 1.92. The molecule has 1 aromatic heterocycles. The first kappa shape index (κ1) is 9.07. The molecule has 0 aliphatic heterocycles. The van der Waals surface area contributed by atoms with Gasteiger partial charge in [-0.15, -0.1) is 11.3 Å². The van der Waals surface area contributed by atoms with Crippen molar-refractivity contribution < 1.29 is 0 Å². The summed E-state index contributed by atoms with van der Waals surface area (Å²) in [7, 11) is 2.04. The summed E-state index contributed by atoms with van der Waals surface area (Å²) in [6.07, 6.45) is 0. The van der Waals surface area contributed by atoms with E-state index in [0.29, 0.717) is 0 Å². The van der Waals surface area contributed by atoms with E-state index < -0.39 is 0 Å². The predicted molar refractivity (Wildman–Crippen MR) is 69.1 cm³/mol. The Kier molecular flexibility index (Phi) is 1.90. The van der Waals surface area contributed by atoms with Crippen molar-refractivity contribution in [1.29, 1.82) is 0 Å². The van der Waals surface area contributed by atoms with Gasteiger partial charge in [0.25, 0.3) is 0 Å². The smallest absolute Gasteiger partial charge is 0.161 e. The Morgan fingerprint density at radius 1 is 1.13 bits per heavy atom. The average Bonchev–Trinajstić information content (AvgIpc) is 2.55. The third kappa shape index (κ3) is 1.24. The quantitative estimate of drug-likeness (QED) is 0.527. The van der Waals surface area contributed by atoms with Crippen molar-refractivity contribution in [2.45, 2.75) is 0 Å². The molecule has 74 valence electrons. The van der Waals surface area contributed by atoms with Gasteiger partial charge < -0.3 is 4.57 Å². The third-order valence-corrected chi connectivity index (χ3v) is 4.19. The van der Waals surface area contributed by atoms with Crippen LogP contribution in [0.2, 0.25) is 0 Å². The van der Waals surface area contributed by atoms with E-state index >= 15 is 0 Å². The largest absolute Gasteiger partial charge is 0.326 e. The molecule has 0 atom stereocenters. The summed E-state index contributed by atoms with van der Waals surface area (Å²) in [6.45, 7) is 0. The van der Waals surface area contributed by atoms with Gasteiger partial charge in [-0.2, -0.15) is 0 Å². The van der Waals surface area contributed by atoms with Gasteiger partial charge in [-0.1, -0.05) is 30.3 Å². The molecule has 3 aromatic rings. The molecule has 3 rings (SSSR count). The van der Waals surface area contributed by atoms with Gasteiger partial charge in [0.05, 0.1) is 10.2 Å². The first-order valence-electron chi connectivity index (χ1n) is 4.74. The number of aromatic nitrogens is 1. The molecule has 0 bridgehead atoms. The number of hydrogen-bond donors (Lipinski definition) is 0. The molecule has 0 radical (unpaired) electrons. The molecular formula is C12H9NS2. The zero-order valence-corrected chi connectivity index (χ0v) is 9.86. The van der Waals surface area contributed by atoms with Crippen molar-refractivity contribution in [1.82, 2.24) is 4.57 Å². The molecule has 0 spiro atoms. The van der Waals surface area contributed by atoms with Crippen LogP contribution in [0, 0.1) is 3.95 Å². The van der Waals surface area contributed by atoms with E-state index in [1.807, 2.05) is 7.05 Å². The first-order valence-corrected chi connectivity index (χ1v) is 5.97.